The third kappa shape index (κ3) is 6.34. The number of para-hydroxylation sites is 1. The van der Waals surface area contributed by atoms with Crippen molar-refractivity contribution < 1.29 is 4.79 Å². The van der Waals surface area contributed by atoms with Gasteiger partial charge in [0.25, 0.3) is 5.91 Å². The molecule has 0 unspecified atom stereocenters. The first-order chi connectivity index (χ1) is 18.2. The zero-order chi connectivity index (χ0) is 25.5. The Morgan fingerprint density at radius 1 is 0.919 bits per heavy atom. The van der Waals surface area contributed by atoms with Crippen molar-refractivity contribution in [3.8, 4) is 5.69 Å². The SMILES string of the molecule is Cc1ccccc1-n1c(Cc2ccccc2)nnc1SCc1nc(C(=O)NCCc2ccccc2)cs1. The van der Waals surface area contributed by atoms with Gasteiger partial charge in [-0.05, 0) is 36.1 Å². The van der Waals surface area contributed by atoms with Gasteiger partial charge in [0.15, 0.2) is 5.16 Å². The van der Waals surface area contributed by atoms with Gasteiger partial charge in [0.2, 0.25) is 0 Å². The number of thiazole rings is 1. The highest BCUT2D eigenvalue weighted by molar-refractivity contribution is 7.98. The van der Waals surface area contributed by atoms with Crippen molar-refractivity contribution in [3.63, 3.8) is 0 Å². The van der Waals surface area contributed by atoms with E-state index < -0.39 is 0 Å². The Kier molecular flexibility index (Phi) is 8.08. The Hall–Kier alpha value is -3.75. The Balaban J connectivity index is 1.27. The van der Waals surface area contributed by atoms with E-state index in [0.717, 1.165) is 33.7 Å². The molecule has 6 nitrogen and oxygen atoms in total. The van der Waals surface area contributed by atoms with Crippen LogP contribution in [0.5, 0.6) is 0 Å². The number of hydrogen-bond acceptors (Lipinski definition) is 6. The first kappa shape index (κ1) is 24.9. The quantitative estimate of drug-likeness (QED) is 0.230. The van der Waals surface area contributed by atoms with Crippen LogP contribution in [0.1, 0.15) is 38.0 Å². The molecule has 0 aliphatic heterocycles. The summed E-state index contributed by atoms with van der Waals surface area (Å²) in [4.78, 5) is 17.1. The molecular weight excluding hydrogens is 498 g/mol. The molecule has 0 fully saturated rings. The second-order valence-corrected chi connectivity index (χ2v) is 10.5. The monoisotopic (exact) mass is 525 g/mol. The van der Waals surface area contributed by atoms with Crippen molar-refractivity contribution in [1.29, 1.82) is 0 Å². The van der Waals surface area contributed by atoms with Crippen LogP contribution in [-0.4, -0.2) is 32.2 Å². The maximum absolute atomic E-state index is 12.6. The fourth-order valence-corrected chi connectivity index (χ4v) is 5.76. The van der Waals surface area contributed by atoms with Crippen LogP contribution in [0.2, 0.25) is 0 Å². The van der Waals surface area contributed by atoms with Crippen molar-refractivity contribution in [2.75, 3.05) is 6.54 Å². The molecule has 186 valence electrons. The summed E-state index contributed by atoms with van der Waals surface area (Å²) in [7, 11) is 0. The van der Waals surface area contributed by atoms with E-state index in [1.165, 1.54) is 22.5 Å². The number of nitrogens with zero attached hydrogens (tertiary/aromatic N) is 4. The Bertz CT molecular complexity index is 1460. The first-order valence-corrected chi connectivity index (χ1v) is 14.0. The van der Waals surface area contributed by atoms with Crippen LogP contribution in [0.15, 0.2) is 95.5 Å². The topological polar surface area (TPSA) is 72.7 Å². The fourth-order valence-electron chi connectivity index (χ4n) is 4.01. The molecule has 37 heavy (non-hydrogen) atoms. The van der Waals surface area contributed by atoms with Gasteiger partial charge >= 0.3 is 0 Å². The molecule has 2 heterocycles. The lowest BCUT2D eigenvalue weighted by atomic mass is 10.1. The van der Waals surface area contributed by atoms with Gasteiger partial charge in [-0.1, -0.05) is 90.6 Å². The van der Waals surface area contributed by atoms with Crippen LogP contribution in [0.3, 0.4) is 0 Å². The van der Waals surface area contributed by atoms with Gasteiger partial charge in [-0.3, -0.25) is 9.36 Å². The van der Waals surface area contributed by atoms with E-state index in [9.17, 15) is 4.79 Å². The summed E-state index contributed by atoms with van der Waals surface area (Å²) < 4.78 is 2.14. The van der Waals surface area contributed by atoms with Crippen molar-refractivity contribution >= 4 is 29.0 Å². The van der Waals surface area contributed by atoms with Gasteiger partial charge < -0.3 is 5.32 Å². The summed E-state index contributed by atoms with van der Waals surface area (Å²) in [6.45, 7) is 2.67. The van der Waals surface area contributed by atoms with Gasteiger partial charge in [0.05, 0.1) is 11.4 Å². The second-order valence-electron chi connectivity index (χ2n) is 8.59. The molecule has 0 aliphatic carbocycles. The number of hydrogen-bond donors (Lipinski definition) is 1. The number of benzene rings is 3. The van der Waals surface area contributed by atoms with Gasteiger partial charge in [0, 0.05) is 18.3 Å². The van der Waals surface area contributed by atoms with E-state index in [4.69, 9.17) is 0 Å². The van der Waals surface area contributed by atoms with Gasteiger partial charge in [-0.2, -0.15) is 0 Å². The highest BCUT2D eigenvalue weighted by atomic mass is 32.2. The molecule has 0 spiro atoms. The summed E-state index contributed by atoms with van der Waals surface area (Å²) in [5, 5.41) is 15.6. The zero-order valence-electron chi connectivity index (χ0n) is 20.5. The normalized spacial score (nSPS) is 10.9. The maximum Gasteiger partial charge on any atom is 0.270 e. The minimum atomic E-state index is -0.142. The smallest absolute Gasteiger partial charge is 0.270 e. The van der Waals surface area contributed by atoms with Crippen LogP contribution < -0.4 is 5.32 Å². The summed E-state index contributed by atoms with van der Waals surface area (Å²) in [6, 6.07) is 28.7. The van der Waals surface area contributed by atoms with Crippen LogP contribution in [0.25, 0.3) is 5.69 Å². The minimum absolute atomic E-state index is 0.142. The average molecular weight is 526 g/mol. The van der Waals surface area contributed by atoms with Gasteiger partial charge in [-0.15, -0.1) is 21.5 Å². The molecule has 0 saturated carbocycles. The maximum atomic E-state index is 12.6. The molecule has 0 atom stereocenters. The molecule has 5 rings (SSSR count). The molecule has 2 aromatic heterocycles. The fraction of sp³-hybridized carbons (Fsp3) is 0.172. The van der Waals surface area contributed by atoms with Crippen LogP contribution >= 0.6 is 23.1 Å². The number of aryl methyl sites for hydroxylation is 1. The zero-order valence-corrected chi connectivity index (χ0v) is 22.1. The number of nitrogens with one attached hydrogen (secondary N) is 1. The summed E-state index contributed by atoms with van der Waals surface area (Å²) in [5.74, 6) is 1.36. The molecule has 0 radical (unpaired) electrons. The Morgan fingerprint density at radius 2 is 1.62 bits per heavy atom. The predicted octanol–water partition coefficient (Wildman–Crippen LogP) is 5.89. The van der Waals surface area contributed by atoms with E-state index in [1.54, 1.807) is 11.8 Å². The molecule has 0 saturated heterocycles. The number of carbonyl (C=O) groups is 1. The van der Waals surface area contributed by atoms with Crippen LogP contribution in [0.4, 0.5) is 0 Å². The molecule has 1 N–H and O–H groups in total. The van der Waals surface area contributed by atoms with Crippen molar-refractivity contribution in [3.05, 3.63) is 124 Å². The summed E-state index contributed by atoms with van der Waals surface area (Å²) in [5.41, 5.74) is 5.06. The Labute approximate surface area is 224 Å². The molecule has 1 amide bonds. The number of aromatic nitrogens is 4. The minimum Gasteiger partial charge on any atom is -0.350 e. The lowest BCUT2D eigenvalue weighted by Crippen LogP contribution is -2.26. The van der Waals surface area contributed by atoms with E-state index in [0.29, 0.717) is 24.4 Å². The lowest BCUT2D eigenvalue weighted by Gasteiger charge is -2.12. The molecule has 8 heteroatoms. The van der Waals surface area contributed by atoms with E-state index in [2.05, 4.69) is 68.4 Å². The molecule has 0 bridgehead atoms. The number of rotatable bonds is 10. The van der Waals surface area contributed by atoms with Crippen molar-refractivity contribution in [1.82, 2.24) is 25.1 Å². The van der Waals surface area contributed by atoms with E-state index in [1.807, 2.05) is 53.9 Å². The highest BCUT2D eigenvalue weighted by Crippen LogP contribution is 2.28. The lowest BCUT2D eigenvalue weighted by molar-refractivity contribution is 0.0949. The average Bonchev–Trinajstić information content (AvgIpc) is 3.56. The number of amides is 1. The van der Waals surface area contributed by atoms with E-state index >= 15 is 0 Å². The Morgan fingerprint density at radius 3 is 2.38 bits per heavy atom. The first-order valence-electron chi connectivity index (χ1n) is 12.1. The third-order valence-electron chi connectivity index (χ3n) is 5.91. The highest BCUT2D eigenvalue weighted by Gasteiger charge is 2.18. The third-order valence-corrected chi connectivity index (χ3v) is 7.88. The van der Waals surface area contributed by atoms with Gasteiger partial charge in [-0.25, -0.2) is 4.98 Å². The van der Waals surface area contributed by atoms with Crippen LogP contribution in [0, 0.1) is 6.92 Å². The molecular formula is C29H27N5OS2. The van der Waals surface area contributed by atoms with Crippen molar-refractivity contribution in [2.45, 2.75) is 30.7 Å². The second kappa shape index (κ2) is 12.0. The van der Waals surface area contributed by atoms with Gasteiger partial charge in [0.1, 0.15) is 16.5 Å². The molecule has 5 aromatic rings. The predicted molar refractivity (Wildman–Crippen MR) is 149 cm³/mol. The molecule has 0 aliphatic rings. The number of thioether (sulfide) groups is 1. The standard InChI is InChI=1S/C29H27N5OS2/c1-21-10-8-9-15-25(21)34-26(18-23-13-6-3-7-14-23)32-33-29(34)37-20-27-31-24(19-36-27)28(35)30-17-16-22-11-4-2-5-12-22/h2-15,19H,16-18,20H2,1H3,(H,30,35). The summed E-state index contributed by atoms with van der Waals surface area (Å²) in [6.07, 6.45) is 1.48. The molecule has 3 aromatic carbocycles. The van der Waals surface area contributed by atoms with Crippen molar-refractivity contribution in [2.24, 2.45) is 0 Å². The van der Waals surface area contributed by atoms with E-state index in [-0.39, 0.29) is 5.91 Å². The van der Waals surface area contributed by atoms with Crippen LogP contribution in [-0.2, 0) is 18.6 Å². The summed E-state index contributed by atoms with van der Waals surface area (Å²) >= 11 is 3.07. The number of carbonyl (C=O) groups excluding carboxylic acids is 1. The largest absolute Gasteiger partial charge is 0.350 e.